The van der Waals surface area contributed by atoms with Crippen molar-refractivity contribution < 1.29 is 14.0 Å². The van der Waals surface area contributed by atoms with Crippen molar-refractivity contribution in [3.63, 3.8) is 0 Å². The number of carbonyl (C=O) groups is 2. The van der Waals surface area contributed by atoms with Gasteiger partial charge in [-0.15, -0.1) is 11.6 Å². The van der Waals surface area contributed by atoms with Gasteiger partial charge in [-0.05, 0) is 37.6 Å². The molecule has 1 N–H and O–H groups in total. The lowest BCUT2D eigenvalue weighted by molar-refractivity contribution is -0.134. The van der Waals surface area contributed by atoms with Crippen molar-refractivity contribution in [3.8, 4) is 16.9 Å². The van der Waals surface area contributed by atoms with Gasteiger partial charge in [0.05, 0.1) is 17.9 Å². The molecule has 1 atom stereocenters. The average Bonchev–Trinajstić information content (AvgIpc) is 3.20. The van der Waals surface area contributed by atoms with E-state index in [1.54, 1.807) is 29.8 Å². The molecule has 0 aliphatic carbocycles. The van der Waals surface area contributed by atoms with Crippen molar-refractivity contribution in [2.24, 2.45) is 0 Å². The SMILES string of the molecule is CCCCN(CC(=O)Nc1cc(-c2ccccc2)nn1-c1ccc(F)cc1)C(=O)C(C)Cl. The Kier molecular flexibility index (Phi) is 8.00. The van der Waals surface area contributed by atoms with Crippen LogP contribution in [0.4, 0.5) is 10.2 Å². The van der Waals surface area contributed by atoms with Crippen LogP contribution in [0.15, 0.2) is 60.7 Å². The van der Waals surface area contributed by atoms with Gasteiger partial charge in [0.1, 0.15) is 17.0 Å². The smallest absolute Gasteiger partial charge is 0.245 e. The second-order valence-electron chi connectivity index (χ2n) is 7.45. The quantitative estimate of drug-likeness (QED) is 0.467. The Labute approximate surface area is 192 Å². The van der Waals surface area contributed by atoms with Crippen molar-refractivity contribution in [2.45, 2.75) is 32.1 Å². The predicted molar refractivity (Wildman–Crippen MR) is 124 cm³/mol. The molecular weight excluding hydrogens is 431 g/mol. The lowest BCUT2D eigenvalue weighted by Gasteiger charge is -2.23. The van der Waals surface area contributed by atoms with Crippen molar-refractivity contribution >= 4 is 29.2 Å². The van der Waals surface area contributed by atoms with Crippen molar-refractivity contribution in [2.75, 3.05) is 18.4 Å². The fourth-order valence-electron chi connectivity index (χ4n) is 3.22. The maximum atomic E-state index is 13.4. The number of carbonyl (C=O) groups excluding carboxylic acids is 2. The zero-order chi connectivity index (χ0) is 23.1. The molecule has 0 aliphatic heterocycles. The number of benzene rings is 2. The third-order valence-electron chi connectivity index (χ3n) is 4.89. The molecule has 1 unspecified atom stereocenters. The molecule has 0 aliphatic rings. The highest BCUT2D eigenvalue weighted by Crippen LogP contribution is 2.25. The third kappa shape index (κ3) is 5.95. The van der Waals surface area contributed by atoms with Crippen LogP contribution in [0.25, 0.3) is 16.9 Å². The summed E-state index contributed by atoms with van der Waals surface area (Å²) in [7, 11) is 0. The molecule has 0 radical (unpaired) electrons. The lowest BCUT2D eigenvalue weighted by atomic mass is 10.1. The number of nitrogens with one attached hydrogen (secondary N) is 1. The number of hydrogen-bond donors (Lipinski definition) is 1. The van der Waals surface area contributed by atoms with E-state index in [9.17, 15) is 14.0 Å². The molecule has 2 aromatic carbocycles. The third-order valence-corrected chi connectivity index (χ3v) is 5.07. The Hall–Kier alpha value is -3.19. The summed E-state index contributed by atoms with van der Waals surface area (Å²) in [5.41, 5.74) is 2.12. The Bertz CT molecular complexity index is 1050. The summed E-state index contributed by atoms with van der Waals surface area (Å²) in [4.78, 5) is 26.7. The molecule has 0 saturated carbocycles. The summed E-state index contributed by atoms with van der Waals surface area (Å²) in [5, 5.41) is 6.73. The molecule has 1 heterocycles. The minimum atomic E-state index is -0.714. The average molecular weight is 457 g/mol. The van der Waals surface area contributed by atoms with Gasteiger partial charge >= 0.3 is 0 Å². The van der Waals surface area contributed by atoms with E-state index < -0.39 is 5.38 Å². The molecule has 32 heavy (non-hydrogen) atoms. The Morgan fingerprint density at radius 3 is 2.47 bits per heavy atom. The first-order valence-corrected chi connectivity index (χ1v) is 11.0. The predicted octanol–water partition coefficient (Wildman–Crippen LogP) is 4.87. The van der Waals surface area contributed by atoms with Gasteiger partial charge in [0.15, 0.2) is 0 Å². The van der Waals surface area contributed by atoms with E-state index in [-0.39, 0.29) is 24.2 Å². The zero-order valence-electron chi connectivity index (χ0n) is 18.1. The minimum Gasteiger partial charge on any atom is -0.332 e. The second-order valence-corrected chi connectivity index (χ2v) is 8.10. The van der Waals surface area contributed by atoms with E-state index in [0.29, 0.717) is 23.7 Å². The molecule has 168 valence electrons. The monoisotopic (exact) mass is 456 g/mol. The van der Waals surface area contributed by atoms with Gasteiger partial charge in [-0.1, -0.05) is 43.7 Å². The highest BCUT2D eigenvalue weighted by atomic mass is 35.5. The molecule has 0 spiro atoms. The zero-order valence-corrected chi connectivity index (χ0v) is 18.8. The lowest BCUT2D eigenvalue weighted by Crippen LogP contribution is -2.41. The Balaban J connectivity index is 1.88. The maximum absolute atomic E-state index is 13.4. The molecule has 0 bridgehead atoms. The molecule has 2 amide bonds. The molecular formula is C24H26ClFN4O2. The fourth-order valence-corrected chi connectivity index (χ4v) is 3.36. The molecule has 3 aromatic rings. The van der Waals surface area contributed by atoms with E-state index >= 15 is 0 Å². The number of amides is 2. The summed E-state index contributed by atoms with van der Waals surface area (Å²) in [6.45, 7) is 3.94. The van der Waals surface area contributed by atoms with Gasteiger partial charge in [-0.3, -0.25) is 9.59 Å². The van der Waals surface area contributed by atoms with Gasteiger partial charge in [0, 0.05) is 18.2 Å². The van der Waals surface area contributed by atoms with Crippen LogP contribution in [-0.4, -0.2) is 45.0 Å². The largest absolute Gasteiger partial charge is 0.332 e. The number of aromatic nitrogens is 2. The van der Waals surface area contributed by atoms with E-state index in [2.05, 4.69) is 10.4 Å². The Morgan fingerprint density at radius 1 is 1.16 bits per heavy atom. The van der Waals surface area contributed by atoms with Crippen molar-refractivity contribution in [1.82, 2.24) is 14.7 Å². The van der Waals surface area contributed by atoms with Crippen LogP contribution in [-0.2, 0) is 9.59 Å². The first-order chi connectivity index (χ1) is 15.4. The van der Waals surface area contributed by atoms with Crippen LogP contribution in [0.2, 0.25) is 0 Å². The maximum Gasteiger partial charge on any atom is 0.245 e. The number of hydrogen-bond acceptors (Lipinski definition) is 3. The second kappa shape index (κ2) is 10.9. The summed E-state index contributed by atoms with van der Waals surface area (Å²) >= 11 is 5.97. The first-order valence-electron chi connectivity index (χ1n) is 10.5. The number of anilines is 1. The van der Waals surface area contributed by atoms with Gasteiger partial charge in [-0.2, -0.15) is 5.10 Å². The molecule has 0 fully saturated rings. The highest BCUT2D eigenvalue weighted by molar-refractivity contribution is 6.30. The van der Waals surface area contributed by atoms with Crippen LogP contribution in [0.5, 0.6) is 0 Å². The summed E-state index contributed by atoms with van der Waals surface area (Å²) in [6.07, 6.45) is 1.66. The summed E-state index contributed by atoms with van der Waals surface area (Å²) in [5.74, 6) is -0.598. The molecule has 3 rings (SSSR count). The molecule has 6 nitrogen and oxygen atoms in total. The number of unbranched alkanes of at least 4 members (excludes halogenated alkanes) is 1. The standard InChI is InChI=1S/C24H26ClFN4O2/c1-3-4-14-29(24(32)17(2)25)16-23(31)27-22-15-21(18-8-6-5-7-9-18)28-30(22)20-12-10-19(26)11-13-20/h5-13,15,17H,3-4,14,16H2,1-2H3,(H,27,31). The molecule has 1 aromatic heterocycles. The Morgan fingerprint density at radius 2 is 1.84 bits per heavy atom. The van der Waals surface area contributed by atoms with E-state index in [1.807, 2.05) is 37.3 Å². The van der Waals surface area contributed by atoms with Crippen LogP contribution < -0.4 is 5.32 Å². The number of alkyl halides is 1. The topological polar surface area (TPSA) is 67.2 Å². The highest BCUT2D eigenvalue weighted by Gasteiger charge is 2.22. The van der Waals surface area contributed by atoms with Gasteiger partial charge in [-0.25, -0.2) is 9.07 Å². The van der Waals surface area contributed by atoms with Crippen molar-refractivity contribution in [3.05, 3.63) is 66.5 Å². The van der Waals surface area contributed by atoms with E-state index in [4.69, 9.17) is 11.6 Å². The van der Waals surface area contributed by atoms with E-state index in [0.717, 1.165) is 18.4 Å². The molecule has 0 saturated heterocycles. The first kappa shape index (κ1) is 23.5. The van der Waals surface area contributed by atoms with Crippen molar-refractivity contribution in [1.29, 1.82) is 0 Å². The van der Waals surface area contributed by atoms with Crippen LogP contribution in [0.3, 0.4) is 0 Å². The normalized spacial score (nSPS) is 11.8. The fraction of sp³-hybridized carbons (Fsp3) is 0.292. The summed E-state index contributed by atoms with van der Waals surface area (Å²) in [6, 6.07) is 17.1. The number of rotatable bonds is 9. The van der Waals surface area contributed by atoms with Crippen LogP contribution >= 0.6 is 11.6 Å². The van der Waals surface area contributed by atoms with Gasteiger partial charge in [0.2, 0.25) is 11.8 Å². The molecule has 8 heteroatoms. The number of halogens is 2. The van der Waals surface area contributed by atoms with Gasteiger partial charge in [0.25, 0.3) is 0 Å². The minimum absolute atomic E-state index is 0.120. The summed E-state index contributed by atoms with van der Waals surface area (Å²) < 4.78 is 15.0. The van der Waals surface area contributed by atoms with E-state index in [1.165, 1.54) is 17.0 Å². The van der Waals surface area contributed by atoms with Gasteiger partial charge < -0.3 is 10.2 Å². The number of nitrogens with zero attached hydrogens (tertiary/aromatic N) is 3. The van der Waals surface area contributed by atoms with Crippen LogP contribution in [0, 0.1) is 5.82 Å². The van der Waals surface area contributed by atoms with Crippen LogP contribution in [0.1, 0.15) is 26.7 Å².